The fraction of sp³-hybridized carbons (Fsp3) is 0.222. The van der Waals surface area contributed by atoms with E-state index < -0.39 is 10.0 Å². The summed E-state index contributed by atoms with van der Waals surface area (Å²) < 4.78 is 26.2. The first-order chi connectivity index (χ1) is 13.9. The van der Waals surface area contributed by atoms with Gasteiger partial charge in [0.2, 0.25) is 15.8 Å². The van der Waals surface area contributed by atoms with Crippen molar-refractivity contribution in [3.63, 3.8) is 0 Å². The van der Waals surface area contributed by atoms with Crippen molar-refractivity contribution >= 4 is 36.7 Å². The SMILES string of the molecule is CCCCc1ccc(-c2cccc3sc(N)nc23)c(-c2nn[nH]n2)c1S(N)(=O)=O. The summed E-state index contributed by atoms with van der Waals surface area (Å²) in [7, 11) is -4.06. The van der Waals surface area contributed by atoms with Gasteiger partial charge in [0.1, 0.15) is 0 Å². The summed E-state index contributed by atoms with van der Waals surface area (Å²) in [4.78, 5) is 4.45. The second kappa shape index (κ2) is 7.50. The number of aryl methyl sites for hydroxylation is 1. The summed E-state index contributed by atoms with van der Waals surface area (Å²) in [6, 6.07) is 9.30. The third-order valence-corrected chi connectivity index (χ3v) is 6.50. The van der Waals surface area contributed by atoms with Crippen molar-refractivity contribution in [1.29, 1.82) is 0 Å². The molecule has 0 saturated heterocycles. The van der Waals surface area contributed by atoms with E-state index in [2.05, 4.69) is 25.6 Å². The summed E-state index contributed by atoms with van der Waals surface area (Å²) in [6.45, 7) is 2.04. The first-order valence-electron chi connectivity index (χ1n) is 8.98. The van der Waals surface area contributed by atoms with Gasteiger partial charge < -0.3 is 5.73 Å². The molecule has 0 aliphatic carbocycles. The largest absolute Gasteiger partial charge is 0.375 e. The Hall–Kier alpha value is -2.89. The molecule has 0 fully saturated rings. The Labute approximate surface area is 171 Å². The molecule has 0 amide bonds. The average Bonchev–Trinajstić information content (AvgIpc) is 3.33. The molecule has 0 bridgehead atoms. The molecule has 0 spiro atoms. The fourth-order valence-corrected chi connectivity index (χ4v) is 5.19. The first-order valence-corrected chi connectivity index (χ1v) is 11.3. The maximum absolute atomic E-state index is 12.6. The van der Waals surface area contributed by atoms with Crippen LogP contribution in [0.2, 0.25) is 0 Å². The lowest BCUT2D eigenvalue weighted by Gasteiger charge is -2.16. The van der Waals surface area contributed by atoms with Crippen LogP contribution in [-0.2, 0) is 16.4 Å². The van der Waals surface area contributed by atoms with Crippen molar-refractivity contribution in [2.24, 2.45) is 5.14 Å². The quantitative estimate of drug-likeness (QED) is 0.426. The molecule has 2 heterocycles. The molecule has 2 aromatic heterocycles. The van der Waals surface area contributed by atoms with Crippen LogP contribution in [0, 0.1) is 0 Å². The standard InChI is InChI=1S/C18H19N7O2S2/c1-2-3-5-10-8-9-11(12-6-4-7-13-15(12)21-18(19)28-13)14(16(10)29(20,26)27)17-22-24-25-23-17/h4,6-9H,2-3,5H2,1H3,(H2,19,21)(H2,20,26,27)(H,22,23,24,25). The smallest absolute Gasteiger partial charge is 0.239 e. The lowest BCUT2D eigenvalue weighted by atomic mass is 9.94. The second-order valence-corrected chi connectivity index (χ2v) is 9.13. The summed E-state index contributed by atoms with van der Waals surface area (Å²) in [6.07, 6.45) is 2.31. The molecular formula is C18H19N7O2S2. The number of para-hydroxylation sites is 1. The monoisotopic (exact) mass is 429 g/mol. The summed E-state index contributed by atoms with van der Waals surface area (Å²) in [5.41, 5.74) is 8.85. The number of unbranched alkanes of at least 4 members (excludes halogenated alkanes) is 1. The molecule has 4 aromatic rings. The summed E-state index contributed by atoms with van der Waals surface area (Å²) >= 11 is 1.36. The van der Waals surface area contributed by atoms with E-state index >= 15 is 0 Å². The van der Waals surface area contributed by atoms with Crippen LogP contribution in [-0.4, -0.2) is 34.0 Å². The number of rotatable bonds is 6. The number of hydrogen-bond donors (Lipinski definition) is 3. The Bertz CT molecular complexity index is 1280. The topological polar surface area (TPSA) is 154 Å². The molecule has 29 heavy (non-hydrogen) atoms. The zero-order valence-electron chi connectivity index (χ0n) is 15.6. The number of anilines is 1. The van der Waals surface area contributed by atoms with E-state index in [0.717, 1.165) is 23.1 Å². The van der Waals surface area contributed by atoms with Crippen LogP contribution in [0.15, 0.2) is 35.2 Å². The third-order valence-electron chi connectivity index (χ3n) is 4.62. The Balaban J connectivity index is 2.10. The Morgan fingerprint density at radius 1 is 1.17 bits per heavy atom. The molecule has 0 atom stereocenters. The molecule has 9 nitrogen and oxygen atoms in total. The van der Waals surface area contributed by atoms with E-state index in [1.165, 1.54) is 11.3 Å². The van der Waals surface area contributed by atoms with E-state index in [0.29, 0.717) is 33.8 Å². The number of nitrogens with zero attached hydrogens (tertiary/aromatic N) is 4. The minimum Gasteiger partial charge on any atom is -0.375 e. The first kappa shape index (κ1) is 19.4. The van der Waals surface area contributed by atoms with Gasteiger partial charge in [0, 0.05) is 5.56 Å². The van der Waals surface area contributed by atoms with Gasteiger partial charge in [-0.2, -0.15) is 5.21 Å². The number of aromatic amines is 1. The Morgan fingerprint density at radius 2 is 2.00 bits per heavy atom. The lowest BCUT2D eigenvalue weighted by molar-refractivity contribution is 0.596. The highest BCUT2D eigenvalue weighted by Crippen LogP contribution is 2.41. The maximum Gasteiger partial charge on any atom is 0.239 e. The van der Waals surface area contributed by atoms with Crippen molar-refractivity contribution < 1.29 is 8.42 Å². The maximum atomic E-state index is 12.6. The lowest BCUT2D eigenvalue weighted by Crippen LogP contribution is -2.17. The van der Waals surface area contributed by atoms with Crippen LogP contribution in [0.5, 0.6) is 0 Å². The average molecular weight is 430 g/mol. The number of nitrogen functional groups attached to an aromatic ring is 1. The predicted molar refractivity (Wildman–Crippen MR) is 113 cm³/mol. The van der Waals surface area contributed by atoms with Crippen molar-refractivity contribution in [2.45, 2.75) is 31.1 Å². The highest BCUT2D eigenvalue weighted by atomic mass is 32.2. The Morgan fingerprint density at radius 3 is 2.69 bits per heavy atom. The molecule has 0 aliphatic rings. The molecule has 0 radical (unpaired) electrons. The molecule has 0 unspecified atom stereocenters. The van der Waals surface area contributed by atoms with Crippen LogP contribution < -0.4 is 10.9 Å². The van der Waals surface area contributed by atoms with Gasteiger partial charge >= 0.3 is 0 Å². The zero-order chi connectivity index (χ0) is 20.6. The second-order valence-electron chi connectivity index (χ2n) is 6.56. The molecular weight excluding hydrogens is 410 g/mol. The summed E-state index contributed by atoms with van der Waals surface area (Å²) in [5, 5.41) is 20.2. The number of aromatic nitrogens is 5. The van der Waals surface area contributed by atoms with E-state index in [1.54, 1.807) is 6.07 Å². The number of hydrogen-bond acceptors (Lipinski definition) is 8. The number of nitrogens with two attached hydrogens (primary N) is 2. The van der Waals surface area contributed by atoms with Gasteiger partial charge in [-0.05, 0) is 35.2 Å². The number of benzene rings is 2. The number of nitrogens with one attached hydrogen (secondary N) is 1. The van der Waals surface area contributed by atoms with Crippen LogP contribution in [0.3, 0.4) is 0 Å². The van der Waals surface area contributed by atoms with Gasteiger partial charge in [-0.1, -0.05) is 48.9 Å². The number of sulfonamides is 1. The molecule has 0 saturated carbocycles. The van der Waals surface area contributed by atoms with Gasteiger partial charge in [0.25, 0.3) is 0 Å². The van der Waals surface area contributed by atoms with Crippen LogP contribution in [0.25, 0.3) is 32.7 Å². The van der Waals surface area contributed by atoms with E-state index in [-0.39, 0.29) is 10.7 Å². The van der Waals surface area contributed by atoms with Crippen LogP contribution in [0.4, 0.5) is 5.13 Å². The number of fused-ring (bicyclic) bond motifs is 1. The number of primary sulfonamides is 1. The van der Waals surface area contributed by atoms with Crippen molar-refractivity contribution in [2.75, 3.05) is 5.73 Å². The van der Waals surface area contributed by atoms with Crippen LogP contribution in [0.1, 0.15) is 25.3 Å². The molecule has 2 aromatic carbocycles. The number of H-pyrrole nitrogens is 1. The minimum atomic E-state index is -4.06. The highest BCUT2D eigenvalue weighted by Gasteiger charge is 2.27. The summed E-state index contributed by atoms with van der Waals surface area (Å²) in [5.74, 6) is 0.155. The highest BCUT2D eigenvalue weighted by molar-refractivity contribution is 7.89. The van der Waals surface area contributed by atoms with Gasteiger partial charge in [0.15, 0.2) is 5.13 Å². The minimum absolute atomic E-state index is 0.0186. The van der Waals surface area contributed by atoms with Gasteiger partial charge in [-0.15, -0.1) is 10.2 Å². The van der Waals surface area contributed by atoms with Crippen molar-refractivity contribution in [3.05, 3.63) is 35.9 Å². The molecule has 4 rings (SSSR count). The van der Waals surface area contributed by atoms with Crippen molar-refractivity contribution in [3.8, 4) is 22.5 Å². The third kappa shape index (κ3) is 3.59. The molecule has 0 aliphatic heterocycles. The van der Waals surface area contributed by atoms with Gasteiger partial charge in [0.05, 0.1) is 20.7 Å². The van der Waals surface area contributed by atoms with Crippen LogP contribution >= 0.6 is 11.3 Å². The molecule has 11 heteroatoms. The predicted octanol–water partition coefficient (Wildman–Crippen LogP) is 2.72. The Kier molecular flexibility index (Phi) is 5.03. The fourth-order valence-electron chi connectivity index (χ4n) is 3.41. The van der Waals surface area contributed by atoms with Gasteiger partial charge in [-0.25, -0.2) is 18.5 Å². The van der Waals surface area contributed by atoms with E-state index in [1.807, 2.05) is 31.2 Å². The zero-order valence-corrected chi connectivity index (χ0v) is 17.2. The number of tetrazole rings is 1. The van der Waals surface area contributed by atoms with Crippen molar-refractivity contribution in [1.82, 2.24) is 25.6 Å². The molecule has 150 valence electrons. The van der Waals surface area contributed by atoms with E-state index in [9.17, 15) is 8.42 Å². The van der Waals surface area contributed by atoms with E-state index in [4.69, 9.17) is 10.9 Å². The normalized spacial score (nSPS) is 11.9. The number of thiazole rings is 1. The molecule has 5 N–H and O–H groups in total. The van der Waals surface area contributed by atoms with Gasteiger partial charge in [-0.3, -0.25) is 0 Å².